The molecule has 1 saturated heterocycles. The minimum atomic E-state index is -0.281. The molecule has 0 aliphatic carbocycles. The van der Waals surface area contributed by atoms with Crippen molar-refractivity contribution in [2.45, 2.75) is 12.6 Å². The summed E-state index contributed by atoms with van der Waals surface area (Å²) < 4.78 is 15.7. The van der Waals surface area contributed by atoms with Crippen molar-refractivity contribution in [3.63, 3.8) is 0 Å². The van der Waals surface area contributed by atoms with Crippen molar-refractivity contribution in [3.8, 4) is 17.6 Å². The predicted molar refractivity (Wildman–Crippen MR) is 98.9 cm³/mol. The Kier molecular flexibility index (Phi) is 5.75. The normalized spacial score (nSPS) is 17.3. The number of methoxy groups -OCH3 is 3. The first-order valence-electron chi connectivity index (χ1n) is 8.65. The summed E-state index contributed by atoms with van der Waals surface area (Å²) in [5.74, 6) is 1.28. The van der Waals surface area contributed by atoms with Crippen molar-refractivity contribution in [2.75, 3.05) is 41.5 Å². The SMILES string of the molecule is COc1ccc(CCN2C(=O)CN(C)C2c2cnc(OC)nc2OC)cc1. The Hall–Kier alpha value is -2.87. The molecule has 1 fully saturated rings. The van der Waals surface area contributed by atoms with Crippen LogP contribution in [0.1, 0.15) is 17.3 Å². The molecule has 2 heterocycles. The summed E-state index contributed by atoms with van der Waals surface area (Å²) in [4.78, 5) is 24.8. The highest BCUT2D eigenvalue weighted by atomic mass is 16.5. The first-order valence-corrected chi connectivity index (χ1v) is 8.65. The molecule has 1 amide bonds. The van der Waals surface area contributed by atoms with Crippen molar-refractivity contribution >= 4 is 5.91 Å². The topological polar surface area (TPSA) is 77.0 Å². The average molecular weight is 372 g/mol. The van der Waals surface area contributed by atoms with Gasteiger partial charge in [0, 0.05) is 12.7 Å². The van der Waals surface area contributed by atoms with Gasteiger partial charge in [-0.2, -0.15) is 4.98 Å². The summed E-state index contributed by atoms with van der Waals surface area (Å²) in [6.07, 6.45) is 2.11. The van der Waals surface area contributed by atoms with E-state index in [9.17, 15) is 4.79 Å². The molecule has 1 aliphatic rings. The molecule has 1 atom stereocenters. The van der Waals surface area contributed by atoms with Crippen molar-refractivity contribution in [1.29, 1.82) is 0 Å². The molecule has 1 unspecified atom stereocenters. The fourth-order valence-corrected chi connectivity index (χ4v) is 3.26. The Balaban J connectivity index is 1.81. The highest BCUT2D eigenvalue weighted by Gasteiger charge is 2.38. The zero-order valence-electron chi connectivity index (χ0n) is 16.0. The van der Waals surface area contributed by atoms with Gasteiger partial charge in [0.15, 0.2) is 0 Å². The van der Waals surface area contributed by atoms with E-state index < -0.39 is 0 Å². The van der Waals surface area contributed by atoms with E-state index in [1.807, 2.05) is 41.1 Å². The number of nitrogens with zero attached hydrogens (tertiary/aromatic N) is 4. The lowest BCUT2D eigenvalue weighted by molar-refractivity contribution is -0.128. The quantitative estimate of drug-likeness (QED) is 0.729. The van der Waals surface area contributed by atoms with Gasteiger partial charge in [0.2, 0.25) is 11.8 Å². The van der Waals surface area contributed by atoms with E-state index in [0.29, 0.717) is 19.0 Å². The van der Waals surface area contributed by atoms with Crippen LogP contribution in [0, 0.1) is 0 Å². The second-order valence-corrected chi connectivity index (χ2v) is 6.30. The number of ether oxygens (including phenoxy) is 3. The molecule has 1 aliphatic heterocycles. The Morgan fingerprint density at radius 3 is 2.48 bits per heavy atom. The Morgan fingerprint density at radius 2 is 1.85 bits per heavy atom. The molecule has 144 valence electrons. The van der Waals surface area contributed by atoms with E-state index >= 15 is 0 Å². The molecule has 8 heteroatoms. The van der Waals surface area contributed by atoms with Crippen LogP contribution in [0.4, 0.5) is 0 Å². The third-order valence-corrected chi connectivity index (χ3v) is 4.63. The van der Waals surface area contributed by atoms with E-state index in [4.69, 9.17) is 14.2 Å². The van der Waals surface area contributed by atoms with Gasteiger partial charge in [-0.25, -0.2) is 4.98 Å². The zero-order valence-corrected chi connectivity index (χ0v) is 16.0. The standard InChI is InChI=1S/C19H24N4O4/c1-22-12-16(24)23(10-9-13-5-7-14(25-2)8-6-13)18(22)15-11-20-19(27-4)21-17(15)26-3/h5-8,11,18H,9-10,12H2,1-4H3. The van der Waals surface area contributed by atoms with E-state index in [1.54, 1.807) is 20.4 Å². The van der Waals surface area contributed by atoms with Gasteiger partial charge in [0.1, 0.15) is 11.9 Å². The monoisotopic (exact) mass is 372 g/mol. The van der Waals surface area contributed by atoms with Crippen molar-refractivity contribution < 1.29 is 19.0 Å². The first-order chi connectivity index (χ1) is 13.1. The minimum Gasteiger partial charge on any atom is -0.497 e. The van der Waals surface area contributed by atoms with Crippen LogP contribution in [0.5, 0.6) is 17.6 Å². The van der Waals surface area contributed by atoms with Gasteiger partial charge < -0.3 is 19.1 Å². The van der Waals surface area contributed by atoms with Gasteiger partial charge in [-0.05, 0) is 31.2 Å². The molecular formula is C19H24N4O4. The lowest BCUT2D eigenvalue weighted by Gasteiger charge is -2.28. The summed E-state index contributed by atoms with van der Waals surface area (Å²) in [5.41, 5.74) is 1.87. The van der Waals surface area contributed by atoms with Gasteiger partial charge in [-0.15, -0.1) is 0 Å². The molecule has 8 nitrogen and oxygen atoms in total. The number of likely N-dealkylation sites (N-methyl/N-ethyl adjacent to an activating group) is 1. The smallest absolute Gasteiger partial charge is 0.319 e. The number of carbonyl (C=O) groups is 1. The Bertz CT molecular complexity index is 797. The summed E-state index contributed by atoms with van der Waals surface area (Å²) in [7, 11) is 6.59. The maximum atomic E-state index is 12.6. The van der Waals surface area contributed by atoms with Crippen LogP contribution in [0.3, 0.4) is 0 Å². The number of benzene rings is 1. The Morgan fingerprint density at radius 1 is 1.11 bits per heavy atom. The molecule has 0 radical (unpaired) electrons. The first kappa shape index (κ1) is 18.9. The van der Waals surface area contributed by atoms with Gasteiger partial charge in [-0.3, -0.25) is 9.69 Å². The average Bonchev–Trinajstić information content (AvgIpc) is 2.98. The third-order valence-electron chi connectivity index (χ3n) is 4.63. The fraction of sp³-hybridized carbons (Fsp3) is 0.421. The molecule has 2 aromatic rings. The fourth-order valence-electron chi connectivity index (χ4n) is 3.26. The van der Waals surface area contributed by atoms with Crippen LogP contribution in [-0.4, -0.2) is 67.1 Å². The van der Waals surface area contributed by atoms with Crippen LogP contribution < -0.4 is 14.2 Å². The van der Waals surface area contributed by atoms with Crippen LogP contribution in [0.15, 0.2) is 30.5 Å². The van der Waals surface area contributed by atoms with Crippen LogP contribution in [0.2, 0.25) is 0 Å². The Labute approximate surface area is 158 Å². The molecule has 27 heavy (non-hydrogen) atoms. The maximum absolute atomic E-state index is 12.6. The molecule has 3 rings (SSSR count). The van der Waals surface area contributed by atoms with E-state index in [1.165, 1.54) is 7.11 Å². The van der Waals surface area contributed by atoms with Gasteiger partial charge in [0.25, 0.3) is 0 Å². The lowest BCUT2D eigenvalue weighted by Crippen LogP contribution is -2.33. The van der Waals surface area contributed by atoms with Crippen LogP contribution >= 0.6 is 0 Å². The van der Waals surface area contributed by atoms with Gasteiger partial charge in [-0.1, -0.05) is 12.1 Å². The third kappa shape index (κ3) is 3.95. The number of hydrogen-bond donors (Lipinski definition) is 0. The van der Waals surface area contributed by atoms with Crippen molar-refractivity contribution in [2.24, 2.45) is 0 Å². The molecule has 0 bridgehead atoms. The lowest BCUT2D eigenvalue weighted by atomic mass is 10.1. The minimum absolute atomic E-state index is 0.0638. The summed E-state index contributed by atoms with van der Waals surface area (Å²) >= 11 is 0. The zero-order chi connectivity index (χ0) is 19.4. The van der Waals surface area contributed by atoms with Gasteiger partial charge >= 0.3 is 6.01 Å². The largest absolute Gasteiger partial charge is 0.497 e. The van der Waals surface area contributed by atoms with E-state index in [2.05, 4.69) is 9.97 Å². The summed E-state index contributed by atoms with van der Waals surface area (Å²) in [6, 6.07) is 8.09. The molecular weight excluding hydrogens is 348 g/mol. The molecule has 1 aromatic carbocycles. The van der Waals surface area contributed by atoms with Gasteiger partial charge in [0.05, 0.1) is 33.4 Å². The highest BCUT2D eigenvalue weighted by Crippen LogP contribution is 2.34. The number of aromatic nitrogens is 2. The van der Waals surface area contributed by atoms with Crippen LogP contribution in [-0.2, 0) is 11.2 Å². The second-order valence-electron chi connectivity index (χ2n) is 6.30. The second kappa shape index (κ2) is 8.22. The van der Waals surface area contributed by atoms with Crippen molar-refractivity contribution in [1.82, 2.24) is 19.8 Å². The predicted octanol–water partition coefficient (Wildman–Crippen LogP) is 1.52. The summed E-state index contributed by atoms with van der Waals surface area (Å²) in [6.45, 7) is 0.914. The highest BCUT2D eigenvalue weighted by molar-refractivity contribution is 5.81. The van der Waals surface area contributed by atoms with Crippen LogP contribution in [0.25, 0.3) is 0 Å². The molecule has 0 saturated carbocycles. The van der Waals surface area contributed by atoms with E-state index in [-0.39, 0.29) is 18.1 Å². The number of rotatable bonds is 7. The number of hydrogen-bond acceptors (Lipinski definition) is 7. The molecule has 0 spiro atoms. The summed E-state index contributed by atoms with van der Waals surface area (Å²) in [5, 5.41) is 0. The maximum Gasteiger partial charge on any atom is 0.319 e. The molecule has 0 N–H and O–H groups in total. The number of carbonyl (C=O) groups excluding carboxylic acids is 1. The molecule has 1 aromatic heterocycles. The van der Waals surface area contributed by atoms with E-state index in [0.717, 1.165) is 23.3 Å². The number of amides is 1. The van der Waals surface area contributed by atoms with Crippen molar-refractivity contribution in [3.05, 3.63) is 41.6 Å².